The summed E-state index contributed by atoms with van der Waals surface area (Å²) in [4.78, 5) is 16.6. The lowest BCUT2D eigenvalue weighted by Gasteiger charge is -2.34. The van der Waals surface area contributed by atoms with Gasteiger partial charge in [-0.3, -0.25) is 4.57 Å². The lowest BCUT2D eigenvalue weighted by Crippen LogP contribution is -2.74. The van der Waals surface area contributed by atoms with E-state index in [2.05, 4.69) is 325 Å². The molecule has 0 aliphatic heterocycles. The molecule has 0 saturated carbocycles. The van der Waals surface area contributed by atoms with Crippen molar-refractivity contribution in [2.24, 2.45) is 0 Å². The molecule has 0 aliphatic rings. The second-order valence-corrected chi connectivity index (χ2v) is 28.7. The van der Waals surface area contributed by atoms with Gasteiger partial charge in [-0.15, -0.1) is 0 Å². The van der Waals surface area contributed by atoms with Crippen LogP contribution in [0.25, 0.3) is 78.0 Å². The van der Waals surface area contributed by atoms with Crippen LogP contribution in [-0.4, -0.2) is 40.2 Å². The number of nitrogens with zero attached hydrogens (tertiary/aromatic N) is 5. The van der Waals surface area contributed by atoms with E-state index in [1.165, 1.54) is 41.5 Å². The Morgan fingerprint density at radius 1 is 0.244 bits per heavy atom. The molecule has 5 nitrogen and oxygen atoms in total. The van der Waals surface area contributed by atoms with Gasteiger partial charge in [-0.05, 0) is 71.8 Å². The minimum absolute atomic E-state index is 0.550. The Bertz CT molecular complexity index is 4590. The molecule has 0 saturated heterocycles. The molecule has 0 fully saturated rings. The van der Waals surface area contributed by atoms with Gasteiger partial charge in [-0.25, -0.2) is 4.98 Å². The number of hydrogen-bond acceptors (Lipinski definition) is 3. The summed E-state index contributed by atoms with van der Waals surface area (Å²) in [7, 11) is -5.78. The van der Waals surface area contributed by atoms with E-state index in [1.54, 1.807) is 0 Å². The number of para-hydroxylation sites is 2. The van der Waals surface area contributed by atoms with Crippen LogP contribution in [0, 0.1) is 0 Å². The molecule has 3 heterocycles. The van der Waals surface area contributed by atoms with E-state index in [0.29, 0.717) is 17.6 Å². The van der Waals surface area contributed by atoms with Gasteiger partial charge in [-0.2, -0.15) is 9.97 Å². The molecule has 0 aliphatic carbocycles. The molecule has 0 radical (unpaired) electrons. The second kappa shape index (κ2) is 20.4. The molecular weight excluding hydrogens is 1030 g/mol. The van der Waals surface area contributed by atoms with E-state index < -0.39 is 16.1 Å². The van der Waals surface area contributed by atoms with Crippen molar-refractivity contribution in [1.82, 2.24) is 24.1 Å². The van der Waals surface area contributed by atoms with Gasteiger partial charge in [0.2, 0.25) is 5.95 Å². The Morgan fingerprint density at radius 3 is 1.12 bits per heavy atom. The molecule has 0 atom stereocenters. The monoisotopic (exact) mass is 1080 g/mol. The molecule has 15 rings (SSSR count). The predicted octanol–water partition coefficient (Wildman–Crippen LogP) is 12.2. The van der Waals surface area contributed by atoms with Crippen LogP contribution in [0.5, 0.6) is 0 Å². The summed E-state index contributed by atoms with van der Waals surface area (Å²) >= 11 is 0. The number of rotatable bonds is 12. The molecule has 0 amide bonds. The summed E-state index contributed by atoms with van der Waals surface area (Å²) in [6, 6.07) is 118. The van der Waals surface area contributed by atoms with Gasteiger partial charge in [0.1, 0.15) is 0 Å². The average Bonchev–Trinajstić information content (AvgIpc) is 3.79. The van der Waals surface area contributed by atoms with Crippen molar-refractivity contribution in [2.45, 2.75) is 0 Å². The van der Waals surface area contributed by atoms with E-state index in [4.69, 9.17) is 15.0 Å². The van der Waals surface area contributed by atoms with Crippen LogP contribution in [-0.2, 0) is 0 Å². The van der Waals surface area contributed by atoms with Crippen molar-refractivity contribution in [3.8, 4) is 34.4 Å². The third-order valence-electron chi connectivity index (χ3n) is 16.7. The molecule has 82 heavy (non-hydrogen) atoms. The second-order valence-electron chi connectivity index (χ2n) is 21.0. The minimum Gasteiger partial charge on any atom is -0.309 e. The maximum atomic E-state index is 5.64. The summed E-state index contributed by atoms with van der Waals surface area (Å²) in [6.45, 7) is 0. The number of fused-ring (bicyclic) bond motifs is 7. The van der Waals surface area contributed by atoms with Gasteiger partial charge in [0.05, 0.1) is 22.1 Å². The van der Waals surface area contributed by atoms with Crippen LogP contribution in [0.1, 0.15) is 0 Å². The zero-order chi connectivity index (χ0) is 54.5. The van der Waals surface area contributed by atoms with Gasteiger partial charge >= 0.3 is 0 Å². The number of hydrogen-bond donors (Lipinski definition) is 0. The summed E-state index contributed by atoms with van der Waals surface area (Å²) in [5.74, 6) is 1.75. The summed E-state index contributed by atoms with van der Waals surface area (Å²) in [5.41, 5.74) is 7.19. The van der Waals surface area contributed by atoms with Crippen LogP contribution < -0.4 is 41.5 Å². The highest BCUT2D eigenvalue weighted by molar-refractivity contribution is 7.20. The molecule has 0 bridgehead atoms. The predicted molar refractivity (Wildman–Crippen MR) is 347 cm³/mol. The summed E-state index contributed by atoms with van der Waals surface area (Å²) in [6.07, 6.45) is 0. The smallest absolute Gasteiger partial charge is 0.238 e. The van der Waals surface area contributed by atoms with Crippen LogP contribution >= 0.6 is 0 Å². The summed E-state index contributed by atoms with van der Waals surface area (Å²) in [5, 5.41) is 15.0. The normalized spacial score (nSPS) is 11.9. The molecule has 7 heteroatoms. The summed E-state index contributed by atoms with van der Waals surface area (Å²) < 4.78 is 4.77. The first-order chi connectivity index (χ1) is 40.7. The fraction of sp³-hybridized carbons (Fsp3) is 0. The molecule has 0 N–H and O–H groups in total. The standard InChI is InChI=1S/C75H53N5Si2/c1-8-28-54(29-9-1)73-76-74(55-30-26-44-63(52-55)81(57-32-10-2-11-33-57,58-34-12-3-13-35-58)59-36-14-4-15-37-59)78-75(77-73)80-68-48-24-22-46-65(68)66-50-51-70-71(72(66)80)67-47-23-25-49-69(67)79(70)56-31-27-45-64(53-56)82(60-38-16-5-17-39-60,61-40-18-6-19-41-61)62-42-20-7-21-43-62/h1-53H. The van der Waals surface area contributed by atoms with Crippen molar-refractivity contribution in [3.05, 3.63) is 322 Å². The molecule has 15 aromatic rings. The third-order valence-corrected chi connectivity index (χ3v) is 26.2. The van der Waals surface area contributed by atoms with Gasteiger partial charge in [-0.1, -0.05) is 291 Å². The van der Waals surface area contributed by atoms with E-state index >= 15 is 0 Å². The fourth-order valence-corrected chi connectivity index (χ4v) is 22.8. The van der Waals surface area contributed by atoms with Gasteiger partial charge in [0.15, 0.2) is 27.8 Å². The lowest BCUT2D eigenvalue weighted by atomic mass is 10.1. The maximum Gasteiger partial charge on any atom is 0.238 e. The van der Waals surface area contributed by atoms with Crippen LogP contribution in [0.4, 0.5) is 0 Å². The Morgan fingerprint density at radius 2 is 0.622 bits per heavy atom. The first kappa shape index (κ1) is 48.8. The van der Waals surface area contributed by atoms with E-state index in [-0.39, 0.29) is 0 Å². The van der Waals surface area contributed by atoms with E-state index in [0.717, 1.165) is 60.4 Å². The molecule has 386 valence electrons. The van der Waals surface area contributed by atoms with Gasteiger partial charge < -0.3 is 4.57 Å². The topological polar surface area (TPSA) is 48.5 Å². The van der Waals surface area contributed by atoms with Crippen molar-refractivity contribution in [3.63, 3.8) is 0 Å². The third kappa shape index (κ3) is 7.85. The van der Waals surface area contributed by atoms with Crippen molar-refractivity contribution in [1.29, 1.82) is 0 Å². The van der Waals surface area contributed by atoms with Crippen LogP contribution in [0.2, 0.25) is 0 Å². The number of benzene rings is 12. The quantitative estimate of drug-likeness (QED) is 0.0905. The molecule has 0 spiro atoms. The molecule has 3 aromatic heterocycles. The fourth-order valence-electron chi connectivity index (χ4n) is 13.2. The zero-order valence-corrected chi connectivity index (χ0v) is 46.8. The minimum atomic E-state index is -2.91. The van der Waals surface area contributed by atoms with Crippen molar-refractivity contribution < 1.29 is 0 Å². The largest absolute Gasteiger partial charge is 0.309 e. The molecule has 12 aromatic carbocycles. The van der Waals surface area contributed by atoms with Crippen molar-refractivity contribution in [2.75, 3.05) is 0 Å². The number of aromatic nitrogens is 5. The van der Waals surface area contributed by atoms with Crippen LogP contribution in [0.3, 0.4) is 0 Å². The van der Waals surface area contributed by atoms with E-state index in [1.807, 2.05) is 6.07 Å². The Labute approximate surface area is 478 Å². The highest BCUT2D eigenvalue weighted by atomic mass is 28.3. The van der Waals surface area contributed by atoms with Gasteiger partial charge in [0, 0.05) is 38.4 Å². The zero-order valence-electron chi connectivity index (χ0n) is 44.8. The van der Waals surface area contributed by atoms with Crippen molar-refractivity contribution >= 4 is 101 Å². The average molecular weight is 1080 g/mol. The first-order valence-corrected chi connectivity index (χ1v) is 32.0. The lowest BCUT2D eigenvalue weighted by molar-refractivity contribution is 0.955. The Hall–Kier alpha value is -10.3. The van der Waals surface area contributed by atoms with Gasteiger partial charge in [0.25, 0.3) is 0 Å². The molecule has 0 unspecified atom stereocenters. The molecular formula is C75H53N5Si2. The Balaban J connectivity index is 0.985. The van der Waals surface area contributed by atoms with Crippen LogP contribution in [0.15, 0.2) is 322 Å². The van der Waals surface area contributed by atoms with E-state index in [9.17, 15) is 0 Å². The highest BCUT2D eigenvalue weighted by Gasteiger charge is 2.43. The maximum absolute atomic E-state index is 5.64. The highest BCUT2D eigenvalue weighted by Crippen LogP contribution is 2.42. The Kier molecular flexibility index (Phi) is 12.1. The first-order valence-electron chi connectivity index (χ1n) is 28.0. The SMILES string of the molecule is c1ccc(-c2nc(-c3cccc([Si](c4ccccc4)(c4ccccc4)c4ccccc4)c3)nc(-n3c4ccccc4c4ccc5c(c6ccccc6n5-c5cccc([Si](c6ccccc6)(c6ccccc6)c6ccccc6)c5)c43)n2)cc1.